The summed E-state index contributed by atoms with van der Waals surface area (Å²) in [5, 5.41) is 2.07. The minimum Gasteiger partial charge on any atom is -0.137 e. The van der Waals surface area contributed by atoms with Gasteiger partial charge in [0.15, 0.2) is 0 Å². The molecule has 0 aliphatic rings. The fraction of sp³-hybridized carbons (Fsp3) is 0.200. The van der Waals surface area contributed by atoms with Crippen molar-refractivity contribution >= 4 is 81.8 Å². The average molecular weight is 529 g/mol. The molecular formula is C15H13Br3S3. The summed E-state index contributed by atoms with van der Waals surface area (Å²) >= 11 is 15.8. The molecule has 0 nitrogen and oxygen atoms in total. The minimum absolute atomic E-state index is 1.23. The van der Waals surface area contributed by atoms with Crippen LogP contribution in [0.3, 0.4) is 0 Å². The van der Waals surface area contributed by atoms with Crippen LogP contribution in [0.4, 0.5) is 0 Å². The maximum atomic E-state index is 3.55. The van der Waals surface area contributed by atoms with Crippen molar-refractivity contribution in [2.45, 2.75) is 20.8 Å². The highest BCUT2D eigenvalue weighted by Crippen LogP contribution is 2.40. The van der Waals surface area contributed by atoms with Crippen LogP contribution in [0.1, 0.15) is 16.7 Å². The van der Waals surface area contributed by atoms with E-state index in [1.54, 1.807) is 34.0 Å². The maximum Gasteiger partial charge on any atom is 0.0734 e. The third-order valence-corrected chi connectivity index (χ3v) is 9.21. The first-order chi connectivity index (χ1) is 9.88. The van der Waals surface area contributed by atoms with Gasteiger partial charge in [-0.3, -0.25) is 0 Å². The Morgan fingerprint density at radius 1 is 0.714 bits per heavy atom. The summed E-state index contributed by atoms with van der Waals surface area (Å²) in [7, 11) is 0. The van der Waals surface area contributed by atoms with Gasteiger partial charge in [-0.2, -0.15) is 0 Å². The van der Waals surface area contributed by atoms with Crippen LogP contribution in [0, 0.1) is 20.8 Å². The van der Waals surface area contributed by atoms with Crippen LogP contribution in [0.5, 0.6) is 0 Å². The Kier molecular flexibility index (Phi) is 6.71. The van der Waals surface area contributed by atoms with Crippen molar-refractivity contribution < 1.29 is 0 Å². The van der Waals surface area contributed by atoms with Gasteiger partial charge >= 0.3 is 0 Å². The third kappa shape index (κ3) is 4.75. The Balaban J connectivity index is 0.000000194. The van der Waals surface area contributed by atoms with Crippen LogP contribution >= 0.6 is 81.8 Å². The van der Waals surface area contributed by atoms with Crippen LogP contribution in [0.25, 0.3) is 9.75 Å². The molecule has 21 heavy (non-hydrogen) atoms. The van der Waals surface area contributed by atoms with E-state index in [4.69, 9.17) is 0 Å². The highest BCUT2D eigenvalue weighted by molar-refractivity contribution is 9.11. The second-order valence-electron chi connectivity index (χ2n) is 4.51. The zero-order chi connectivity index (χ0) is 15.6. The number of hydrogen-bond donors (Lipinski definition) is 0. The number of hydrogen-bond acceptors (Lipinski definition) is 3. The van der Waals surface area contributed by atoms with E-state index in [1.807, 2.05) is 0 Å². The molecule has 112 valence electrons. The standard InChI is InChI=1S/C10H8Br2S2.C5H5BrS/c1-5-3-7(13-9(5)11)8-4-6(2)10(12)14-8;1-4-2-3-7-5(4)6/h3-4H,1-2H3;2-3H,1H3. The normalized spacial score (nSPS) is 10.4. The fourth-order valence-electron chi connectivity index (χ4n) is 1.52. The van der Waals surface area contributed by atoms with Crippen LogP contribution in [-0.2, 0) is 0 Å². The average Bonchev–Trinajstić information content (AvgIpc) is 3.06. The molecule has 3 aromatic rings. The Hall–Kier alpha value is 0.540. The molecule has 0 saturated heterocycles. The van der Waals surface area contributed by atoms with E-state index in [1.165, 1.54) is 37.8 Å². The molecule has 6 heteroatoms. The fourth-order valence-corrected chi connectivity index (χ4v) is 5.76. The summed E-state index contributed by atoms with van der Waals surface area (Å²) < 4.78 is 3.71. The largest absolute Gasteiger partial charge is 0.137 e. The van der Waals surface area contributed by atoms with E-state index < -0.39 is 0 Å². The molecule has 0 spiro atoms. The molecule has 0 unspecified atom stereocenters. The lowest BCUT2D eigenvalue weighted by Crippen LogP contribution is -1.61. The van der Waals surface area contributed by atoms with Crippen molar-refractivity contribution in [2.75, 3.05) is 0 Å². The Bertz CT molecular complexity index is 638. The highest BCUT2D eigenvalue weighted by atomic mass is 79.9. The van der Waals surface area contributed by atoms with Crippen LogP contribution in [0.2, 0.25) is 0 Å². The quantitative estimate of drug-likeness (QED) is 0.297. The summed E-state index contributed by atoms with van der Waals surface area (Å²) in [6.45, 7) is 6.33. The van der Waals surface area contributed by atoms with E-state index in [9.17, 15) is 0 Å². The Morgan fingerprint density at radius 2 is 1.19 bits per heavy atom. The van der Waals surface area contributed by atoms with Gasteiger partial charge in [-0.05, 0) is 109 Å². The smallest absolute Gasteiger partial charge is 0.0734 e. The lowest BCUT2D eigenvalue weighted by molar-refractivity contribution is 1.52. The van der Waals surface area contributed by atoms with Crippen LogP contribution in [0.15, 0.2) is 34.9 Å². The predicted molar refractivity (Wildman–Crippen MR) is 109 cm³/mol. The summed E-state index contributed by atoms with van der Waals surface area (Å²) in [6, 6.07) is 6.55. The molecule has 0 N–H and O–H groups in total. The Morgan fingerprint density at radius 3 is 1.38 bits per heavy atom. The van der Waals surface area contributed by atoms with E-state index in [0.717, 1.165) is 0 Å². The van der Waals surface area contributed by atoms with Gasteiger partial charge in [-0.15, -0.1) is 34.0 Å². The Labute approximate surface area is 162 Å². The lowest BCUT2D eigenvalue weighted by atomic mass is 10.3. The monoisotopic (exact) mass is 526 g/mol. The van der Waals surface area contributed by atoms with Crippen molar-refractivity contribution in [3.05, 3.63) is 51.6 Å². The summed E-state index contributed by atoms with van der Waals surface area (Å²) in [6.07, 6.45) is 0. The molecule has 0 aliphatic heterocycles. The summed E-state index contributed by atoms with van der Waals surface area (Å²) in [5.74, 6) is 0. The maximum absolute atomic E-state index is 3.55. The molecule has 0 bridgehead atoms. The molecule has 0 aromatic carbocycles. The molecule has 3 rings (SSSR count). The second kappa shape index (κ2) is 7.88. The third-order valence-electron chi connectivity index (χ3n) is 2.76. The van der Waals surface area contributed by atoms with Crippen molar-refractivity contribution in [2.24, 2.45) is 0 Å². The zero-order valence-electron chi connectivity index (χ0n) is 11.7. The first-order valence-electron chi connectivity index (χ1n) is 6.10. The molecule has 0 fully saturated rings. The molecule has 0 amide bonds. The van der Waals surface area contributed by atoms with E-state index in [0.29, 0.717) is 0 Å². The summed E-state index contributed by atoms with van der Waals surface area (Å²) in [5.41, 5.74) is 3.95. The van der Waals surface area contributed by atoms with E-state index in [-0.39, 0.29) is 0 Å². The van der Waals surface area contributed by atoms with E-state index >= 15 is 0 Å². The van der Waals surface area contributed by atoms with Crippen molar-refractivity contribution in [1.82, 2.24) is 0 Å². The first-order valence-corrected chi connectivity index (χ1v) is 11.0. The highest BCUT2D eigenvalue weighted by Gasteiger charge is 2.09. The molecule has 3 aromatic heterocycles. The van der Waals surface area contributed by atoms with Crippen LogP contribution in [-0.4, -0.2) is 0 Å². The van der Waals surface area contributed by atoms with Gasteiger partial charge in [-0.25, -0.2) is 0 Å². The first kappa shape index (κ1) is 17.9. The number of rotatable bonds is 1. The minimum atomic E-state index is 1.23. The molecule has 0 saturated carbocycles. The van der Waals surface area contributed by atoms with Crippen LogP contribution < -0.4 is 0 Å². The SMILES string of the molecule is Cc1cc(-c2cc(C)c(Br)s2)sc1Br.Cc1ccsc1Br. The molecule has 3 heterocycles. The lowest BCUT2D eigenvalue weighted by Gasteiger charge is -1.86. The van der Waals surface area contributed by atoms with Gasteiger partial charge in [0.1, 0.15) is 0 Å². The zero-order valence-corrected chi connectivity index (χ0v) is 18.9. The number of aryl methyl sites for hydroxylation is 3. The van der Waals surface area contributed by atoms with Crippen molar-refractivity contribution in [3.8, 4) is 9.75 Å². The second-order valence-corrected chi connectivity index (χ2v) is 11.5. The number of halogens is 3. The molecular weight excluding hydrogens is 516 g/mol. The molecule has 0 aliphatic carbocycles. The van der Waals surface area contributed by atoms with E-state index in [2.05, 4.69) is 92.1 Å². The molecule has 0 atom stereocenters. The van der Waals surface area contributed by atoms with Gasteiger partial charge in [0, 0.05) is 9.75 Å². The topological polar surface area (TPSA) is 0 Å². The molecule has 0 radical (unpaired) electrons. The van der Waals surface area contributed by atoms with Gasteiger partial charge in [0.25, 0.3) is 0 Å². The van der Waals surface area contributed by atoms with Crippen molar-refractivity contribution in [1.29, 1.82) is 0 Å². The van der Waals surface area contributed by atoms with Gasteiger partial charge in [0.2, 0.25) is 0 Å². The summed E-state index contributed by atoms with van der Waals surface area (Å²) in [4.78, 5) is 2.68. The van der Waals surface area contributed by atoms with Gasteiger partial charge in [0.05, 0.1) is 11.4 Å². The number of thiophene rings is 3. The van der Waals surface area contributed by atoms with Gasteiger partial charge in [-0.1, -0.05) is 0 Å². The predicted octanol–water partition coefficient (Wildman–Crippen LogP) is 8.44. The van der Waals surface area contributed by atoms with Crippen molar-refractivity contribution in [3.63, 3.8) is 0 Å². The van der Waals surface area contributed by atoms with Gasteiger partial charge < -0.3 is 0 Å².